The van der Waals surface area contributed by atoms with Crippen molar-refractivity contribution in [3.8, 4) is 0 Å². The van der Waals surface area contributed by atoms with Gasteiger partial charge in [-0.1, -0.05) is 56.0 Å². The summed E-state index contributed by atoms with van der Waals surface area (Å²) in [5, 5.41) is 5.19. The number of benzene rings is 1. The minimum atomic E-state index is 0.125. The van der Waals surface area contributed by atoms with Crippen molar-refractivity contribution in [3.05, 3.63) is 33.8 Å². The third-order valence-corrected chi connectivity index (χ3v) is 4.53. The van der Waals surface area contributed by atoms with Crippen LogP contribution in [0.1, 0.15) is 45.1 Å². The van der Waals surface area contributed by atoms with Crippen molar-refractivity contribution in [2.24, 2.45) is 0 Å². The number of nitrogens with one attached hydrogen (secondary N) is 1. The van der Waals surface area contributed by atoms with Crippen LogP contribution in [0.2, 0.25) is 10.0 Å². The lowest BCUT2D eigenvalue weighted by atomic mass is 9.78. The molecule has 0 radical (unpaired) electrons. The summed E-state index contributed by atoms with van der Waals surface area (Å²) < 4.78 is 0. The maximum atomic E-state index is 6.40. The molecule has 0 aliphatic heterocycles. The highest BCUT2D eigenvalue weighted by molar-refractivity contribution is 6.36. The number of hydrogen-bond donors (Lipinski definition) is 1. The van der Waals surface area contributed by atoms with Crippen molar-refractivity contribution in [2.75, 3.05) is 6.54 Å². The van der Waals surface area contributed by atoms with Gasteiger partial charge in [-0.25, -0.2) is 0 Å². The molecule has 1 saturated carbocycles. The van der Waals surface area contributed by atoms with E-state index in [2.05, 4.69) is 19.2 Å². The number of halogens is 2. The van der Waals surface area contributed by atoms with Crippen LogP contribution in [0.4, 0.5) is 0 Å². The zero-order chi connectivity index (χ0) is 13.2. The Balaban J connectivity index is 2.35. The van der Waals surface area contributed by atoms with Gasteiger partial charge in [0.2, 0.25) is 0 Å². The normalized spacial score (nSPS) is 18.5. The van der Waals surface area contributed by atoms with Gasteiger partial charge in [0.1, 0.15) is 0 Å². The molecule has 1 nitrogen and oxygen atoms in total. The fraction of sp³-hybridized carbons (Fsp3) is 0.600. The summed E-state index contributed by atoms with van der Waals surface area (Å²) >= 11 is 12.8. The molecule has 0 spiro atoms. The molecule has 100 valence electrons. The van der Waals surface area contributed by atoms with E-state index in [1.165, 1.54) is 25.7 Å². The third-order valence-electron chi connectivity index (χ3n) is 3.90. The molecule has 1 aliphatic rings. The minimum Gasteiger partial charge on any atom is -0.314 e. The van der Waals surface area contributed by atoms with Gasteiger partial charge in [-0.15, -0.1) is 0 Å². The molecule has 0 heterocycles. The van der Waals surface area contributed by atoms with Crippen LogP contribution in [-0.4, -0.2) is 12.6 Å². The first-order chi connectivity index (χ1) is 8.55. The molecule has 0 amide bonds. The van der Waals surface area contributed by atoms with Crippen molar-refractivity contribution >= 4 is 23.2 Å². The lowest BCUT2D eigenvalue weighted by molar-refractivity contribution is 0.387. The van der Waals surface area contributed by atoms with E-state index in [-0.39, 0.29) is 5.41 Å². The first-order valence-electron chi connectivity index (χ1n) is 6.73. The predicted molar refractivity (Wildman–Crippen MR) is 79.7 cm³/mol. The highest BCUT2D eigenvalue weighted by Gasteiger charge is 2.38. The first kappa shape index (κ1) is 14.2. The van der Waals surface area contributed by atoms with E-state index in [1.54, 1.807) is 0 Å². The molecule has 1 aromatic rings. The van der Waals surface area contributed by atoms with Gasteiger partial charge in [-0.2, -0.15) is 0 Å². The molecule has 0 aromatic heterocycles. The lowest BCUT2D eigenvalue weighted by Crippen LogP contribution is -2.39. The van der Waals surface area contributed by atoms with Crippen LogP contribution < -0.4 is 5.32 Å². The summed E-state index contributed by atoms with van der Waals surface area (Å²) in [6.45, 7) is 5.32. The van der Waals surface area contributed by atoms with Crippen molar-refractivity contribution in [1.82, 2.24) is 5.32 Å². The van der Waals surface area contributed by atoms with E-state index in [4.69, 9.17) is 23.2 Å². The molecule has 3 heteroatoms. The molecule has 18 heavy (non-hydrogen) atoms. The summed E-state index contributed by atoms with van der Waals surface area (Å²) in [5.74, 6) is 0. The second-order valence-corrected chi connectivity index (χ2v) is 6.43. The van der Waals surface area contributed by atoms with Crippen LogP contribution in [0.25, 0.3) is 0 Å². The van der Waals surface area contributed by atoms with Crippen molar-refractivity contribution in [2.45, 2.75) is 51.0 Å². The van der Waals surface area contributed by atoms with Crippen molar-refractivity contribution in [3.63, 3.8) is 0 Å². The molecule has 1 aromatic carbocycles. The molecule has 1 fully saturated rings. The van der Waals surface area contributed by atoms with Crippen LogP contribution >= 0.6 is 23.2 Å². The maximum absolute atomic E-state index is 6.40. The van der Waals surface area contributed by atoms with Crippen LogP contribution in [0.15, 0.2) is 18.2 Å². The summed E-state index contributed by atoms with van der Waals surface area (Å²) in [6.07, 6.45) is 4.88. The van der Waals surface area contributed by atoms with Gasteiger partial charge < -0.3 is 5.32 Å². The van der Waals surface area contributed by atoms with Gasteiger partial charge in [0.05, 0.1) is 0 Å². The summed E-state index contributed by atoms with van der Waals surface area (Å²) in [5.41, 5.74) is 1.28. The number of rotatable bonds is 4. The molecule has 1 N–H and O–H groups in total. The summed E-state index contributed by atoms with van der Waals surface area (Å²) in [7, 11) is 0. The van der Waals surface area contributed by atoms with E-state index < -0.39 is 0 Å². The average molecular weight is 286 g/mol. The summed E-state index contributed by atoms with van der Waals surface area (Å²) in [6, 6.07) is 6.33. The SMILES string of the molecule is CC(C)NCC1(c2c(Cl)cccc2Cl)CCCC1. The van der Waals surface area contributed by atoms with Gasteiger partial charge in [-0.3, -0.25) is 0 Å². The van der Waals surface area contributed by atoms with Crippen LogP contribution in [0, 0.1) is 0 Å². The molecule has 0 unspecified atom stereocenters. The zero-order valence-corrected chi connectivity index (χ0v) is 12.6. The Kier molecular flexibility index (Phi) is 4.58. The third kappa shape index (κ3) is 2.84. The second-order valence-electron chi connectivity index (χ2n) is 5.62. The van der Waals surface area contributed by atoms with Gasteiger partial charge in [0.25, 0.3) is 0 Å². The van der Waals surface area contributed by atoms with E-state index in [9.17, 15) is 0 Å². The minimum absolute atomic E-state index is 0.125. The van der Waals surface area contributed by atoms with Crippen LogP contribution in [0.3, 0.4) is 0 Å². The van der Waals surface area contributed by atoms with Crippen LogP contribution in [-0.2, 0) is 5.41 Å². The monoisotopic (exact) mass is 285 g/mol. The molecule has 0 bridgehead atoms. The van der Waals surface area contributed by atoms with Gasteiger partial charge in [0.15, 0.2) is 0 Å². The quantitative estimate of drug-likeness (QED) is 0.838. The molecular weight excluding hydrogens is 265 g/mol. The largest absolute Gasteiger partial charge is 0.314 e. The standard InChI is InChI=1S/C15H21Cl2N/c1-11(2)18-10-15(8-3-4-9-15)14-12(16)6-5-7-13(14)17/h5-7,11,18H,3-4,8-10H2,1-2H3. The van der Waals surface area contributed by atoms with Crippen molar-refractivity contribution in [1.29, 1.82) is 0 Å². The van der Waals surface area contributed by atoms with Gasteiger partial charge in [-0.05, 0) is 30.5 Å². The molecule has 0 atom stereocenters. The van der Waals surface area contributed by atoms with Gasteiger partial charge in [0, 0.05) is 28.0 Å². The fourth-order valence-corrected chi connectivity index (χ4v) is 3.77. The lowest BCUT2D eigenvalue weighted by Gasteiger charge is -2.32. The Hall–Kier alpha value is -0.240. The Morgan fingerprint density at radius 1 is 1.17 bits per heavy atom. The Morgan fingerprint density at radius 2 is 1.72 bits per heavy atom. The topological polar surface area (TPSA) is 12.0 Å². The fourth-order valence-electron chi connectivity index (χ4n) is 2.97. The highest BCUT2D eigenvalue weighted by atomic mass is 35.5. The second kappa shape index (κ2) is 5.81. The maximum Gasteiger partial charge on any atom is 0.0459 e. The van der Waals surface area contributed by atoms with Crippen LogP contribution in [0.5, 0.6) is 0 Å². The first-order valence-corrected chi connectivity index (χ1v) is 7.49. The predicted octanol–water partition coefficient (Wildman–Crippen LogP) is 4.80. The molecule has 2 rings (SSSR count). The molecule has 0 saturated heterocycles. The van der Waals surface area contributed by atoms with Gasteiger partial charge >= 0.3 is 0 Å². The highest BCUT2D eigenvalue weighted by Crippen LogP contribution is 2.46. The zero-order valence-electron chi connectivity index (χ0n) is 11.1. The smallest absolute Gasteiger partial charge is 0.0459 e. The van der Waals surface area contributed by atoms with E-state index >= 15 is 0 Å². The molecule has 1 aliphatic carbocycles. The number of hydrogen-bond acceptors (Lipinski definition) is 1. The van der Waals surface area contributed by atoms with Crippen molar-refractivity contribution < 1.29 is 0 Å². The van der Waals surface area contributed by atoms with E-state index in [0.717, 1.165) is 22.2 Å². The van der Waals surface area contributed by atoms with E-state index in [1.807, 2.05) is 18.2 Å². The summed E-state index contributed by atoms with van der Waals surface area (Å²) in [4.78, 5) is 0. The Labute approximate surface area is 120 Å². The Morgan fingerprint density at radius 3 is 2.22 bits per heavy atom. The Bertz CT molecular complexity index is 389. The molecular formula is C15H21Cl2N. The average Bonchev–Trinajstić information content (AvgIpc) is 2.76. The van der Waals surface area contributed by atoms with E-state index in [0.29, 0.717) is 6.04 Å².